The first-order chi connectivity index (χ1) is 9.29. The lowest BCUT2D eigenvalue weighted by Gasteiger charge is -2.12. The molecule has 1 atom stereocenters. The van der Waals surface area contributed by atoms with Gasteiger partial charge in [-0.05, 0) is 19.9 Å². The van der Waals surface area contributed by atoms with E-state index < -0.39 is 16.1 Å². The zero-order chi connectivity index (χ0) is 14.9. The highest BCUT2D eigenvalue weighted by atomic mass is 35.5. The number of nitrogens with one attached hydrogen (secondary N) is 1. The summed E-state index contributed by atoms with van der Waals surface area (Å²) in [6.07, 6.45) is 2.86. The van der Waals surface area contributed by atoms with Crippen LogP contribution in [-0.2, 0) is 10.0 Å². The molecular formula is C11H11Cl2N3O2S2. The van der Waals surface area contributed by atoms with E-state index in [1.165, 1.54) is 17.4 Å². The molecule has 5 nitrogen and oxygen atoms in total. The molecule has 0 saturated heterocycles. The van der Waals surface area contributed by atoms with Crippen molar-refractivity contribution in [3.63, 3.8) is 0 Å². The summed E-state index contributed by atoms with van der Waals surface area (Å²) in [6.45, 7) is 3.63. The number of pyridine rings is 1. The van der Waals surface area contributed by atoms with E-state index in [9.17, 15) is 8.42 Å². The normalized spacial score (nSPS) is 13.4. The van der Waals surface area contributed by atoms with E-state index in [-0.39, 0.29) is 15.1 Å². The minimum atomic E-state index is -3.73. The second kappa shape index (κ2) is 5.95. The fourth-order valence-electron chi connectivity index (χ4n) is 1.47. The third kappa shape index (κ3) is 3.48. The summed E-state index contributed by atoms with van der Waals surface area (Å²) < 4.78 is 26.9. The summed E-state index contributed by atoms with van der Waals surface area (Å²) >= 11 is 12.9. The molecular weight excluding hydrogens is 341 g/mol. The van der Waals surface area contributed by atoms with Crippen LogP contribution in [0.15, 0.2) is 23.4 Å². The Bertz CT molecular complexity index is 731. The molecule has 0 radical (unpaired) electrons. The topological polar surface area (TPSA) is 72.0 Å². The molecule has 0 bridgehead atoms. The summed E-state index contributed by atoms with van der Waals surface area (Å²) in [5.41, 5.74) is 0. The first-order valence-corrected chi connectivity index (χ1v) is 8.61. The zero-order valence-electron chi connectivity index (χ0n) is 10.6. The summed E-state index contributed by atoms with van der Waals surface area (Å²) in [4.78, 5) is 8.87. The molecule has 9 heteroatoms. The molecule has 0 aliphatic carbocycles. The van der Waals surface area contributed by atoms with Crippen molar-refractivity contribution in [2.45, 2.75) is 24.8 Å². The molecule has 0 aromatic carbocycles. The van der Waals surface area contributed by atoms with Crippen molar-refractivity contribution in [2.24, 2.45) is 0 Å². The van der Waals surface area contributed by atoms with E-state index >= 15 is 0 Å². The van der Waals surface area contributed by atoms with Crippen LogP contribution < -0.4 is 4.72 Å². The van der Waals surface area contributed by atoms with E-state index in [0.717, 1.165) is 11.1 Å². The summed E-state index contributed by atoms with van der Waals surface area (Å²) in [5, 5.41) is 0.848. The van der Waals surface area contributed by atoms with Crippen molar-refractivity contribution < 1.29 is 8.42 Å². The van der Waals surface area contributed by atoms with Crippen LogP contribution in [0.4, 0.5) is 0 Å². The van der Waals surface area contributed by atoms with E-state index in [2.05, 4.69) is 14.7 Å². The average molecular weight is 352 g/mol. The van der Waals surface area contributed by atoms with Gasteiger partial charge in [-0.25, -0.2) is 23.1 Å². The summed E-state index contributed by atoms with van der Waals surface area (Å²) in [5.74, 6) is 0. The average Bonchev–Trinajstić information content (AvgIpc) is 2.79. The lowest BCUT2D eigenvalue weighted by molar-refractivity contribution is 0.566. The standard InChI is InChI=1S/C11H11Cl2N3O2S2/c1-6-4-15-11(19-6)7(2)16-20(17,18)8-3-9(12)10(13)14-5-8/h3-5,7,16H,1-2H3. The highest BCUT2D eigenvalue weighted by Gasteiger charge is 2.21. The van der Waals surface area contributed by atoms with Crippen LogP contribution in [0.2, 0.25) is 10.2 Å². The molecule has 1 N–H and O–H groups in total. The fraction of sp³-hybridized carbons (Fsp3) is 0.273. The predicted octanol–water partition coefficient (Wildman–Crippen LogP) is 3.19. The Hall–Kier alpha value is -0.730. The molecule has 0 aliphatic rings. The molecule has 0 spiro atoms. The molecule has 0 aliphatic heterocycles. The number of aryl methyl sites for hydroxylation is 1. The second-order valence-electron chi connectivity index (χ2n) is 4.10. The van der Waals surface area contributed by atoms with Crippen molar-refractivity contribution in [2.75, 3.05) is 0 Å². The van der Waals surface area contributed by atoms with Crippen molar-refractivity contribution in [3.05, 3.63) is 38.5 Å². The van der Waals surface area contributed by atoms with Gasteiger partial charge in [0, 0.05) is 17.3 Å². The monoisotopic (exact) mass is 351 g/mol. The fourth-order valence-corrected chi connectivity index (χ4v) is 3.84. The smallest absolute Gasteiger partial charge is 0.242 e. The lowest BCUT2D eigenvalue weighted by atomic mass is 10.4. The first-order valence-electron chi connectivity index (χ1n) is 5.55. The number of aromatic nitrogens is 2. The lowest BCUT2D eigenvalue weighted by Crippen LogP contribution is -2.27. The maximum Gasteiger partial charge on any atom is 0.242 e. The molecule has 0 amide bonds. The quantitative estimate of drug-likeness (QED) is 0.858. The van der Waals surface area contributed by atoms with Crippen LogP contribution >= 0.6 is 34.5 Å². The van der Waals surface area contributed by atoms with E-state index in [1.807, 2.05) is 6.92 Å². The van der Waals surface area contributed by atoms with Gasteiger partial charge in [0.15, 0.2) is 0 Å². The minimum Gasteiger partial charge on any atom is -0.248 e. The predicted molar refractivity (Wildman–Crippen MR) is 79.8 cm³/mol. The Balaban J connectivity index is 2.24. The van der Waals surface area contributed by atoms with Crippen LogP contribution in [0.5, 0.6) is 0 Å². The van der Waals surface area contributed by atoms with Gasteiger partial charge in [-0.2, -0.15) is 0 Å². The van der Waals surface area contributed by atoms with Crippen molar-refractivity contribution in [1.29, 1.82) is 0 Å². The van der Waals surface area contributed by atoms with Crippen LogP contribution in [0.25, 0.3) is 0 Å². The van der Waals surface area contributed by atoms with Crippen molar-refractivity contribution in [1.82, 2.24) is 14.7 Å². The first kappa shape index (κ1) is 15.7. The number of hydrogen-bond acceptors (Lipinski definition) is 5. The highest BCUT2D eigenvalue weighted by molar-refractivity contribution is 7.89. The van der Waals surface area contributed by atoms with Gasteiger partial charge in [-0.15, -0.1) is 11.3 Å². The number of nitrogens with zero attached hydrogens (tertiary/aromatic N) is 2. The summed E-state index contributed by atoms with van der Waals surface area (Å²) in [6, 6.07) is 0.826. The Morgan fingerprint density at radius 1 is 1.30 bits per heavy atom. The van der Waals surface area contributed by atoms with Crippen molar-refractivity contribution >= 4 is 44.6 Å². The summed E-state index contributed by atoms with van der Waals surface area (Å²) in [7, 11) is -3.73. The van der Waals surface area contributed by atoms with Gasteiger partial charge < -0.3 is 0 Å². The molecule has 2 aromatic heterocycles. The Labute approximate surface area is 131 Å². The Morgan fingerprint density at radius 3 is 2.55 bits per heavy atom. The highest BCUT2D eigenvalue weighted by Crippen LogP contribution is 2.24. The van der Waals surface area contributed by atoms with Crippen LogP contribution in [-0.4, -0.2) is 18.4 Å². The number of thiazole rings is 1. The van der Waals surface area contributed by atoms with Gasteiger partial charge in [0.2, 0.25) is 10.0 Å². The Morgan fingerprint density at radius 2 is 2.00 bits per heavy atom. The molecule has 0 fully saturated rings. The molecule has 2 rings (SSSR count). The van der Waals surface area contributed by atoms with Crippen molar-refractivity contribution in [3.8, 4) is 0 Å². The SMILES string of the molecule is Cc1cnc(C(C)NS(=O)(=O)c2cnc(Cl)c(Cl)c2)s1. The third-order valence-electron chi connectivity index (χ3n) is 2.42. The minimum absolute atomic E-state index is 0.0352. The van der Waals surface area contributed by atoms with Gasteiger partial charge in [0.1, 0.15) is 15.1 Å². The van der Waals surface area contributed by atoms with Crippen LogP contribution in [0, 0.1) is 6.92 Å². The van der Waals surface area contributed by atoms with Gasteiger partial charge in [-0.3, -0.25) is 0 Å². The molecule has 108 valence electrons. The zero-order valence-corrected chi connectivity index (χ0v) is 13.7. The van der Waals surface area contributed by atoms with Gasteiger partial charge in [0.05, 0.1) is 11.1 Å². The van der Waals surface area contributed by atoms with E-state index in [0.29, 0.717) is 5.01 Å². The van der Waals surface area contributed by atoms with Gasteiger partial charge in [0.25, 0.3) is 0 Å². The largest absolute Gasteiger partial charge is 0.248 e. The Kier molecular flexibility index (Phi) is 4.66. The van der Waals surface area contributed by atoms with Crippen LogP contribution in [0.3, 0.4) is 0 Å². The maximum atomic E-state index is 12.2. The second-order valence-corrected chi connectivity index (χ2v) is 7.84. The molecule has 20 heavy (non-hydrogen) atoms. The number of hydrogen-bond donors (Lipinski definition) is 1. The third-order valence-corrected chi connectivity index (χ3v) is 5.71. The number of rotatable bonds is 4. The van der Waals surface area contributed by atoms with E-state index in [1.54, 1.807) is 13.1 Å². The van der Waals surface area contributed by atoms with E-state index in [4.69, 9.17) is 23.2 Å². The maximum absolute atomic E-state index is 12.2. The molecule has 2 aromatic rings. The molecule has 2 heterocycles. The van der Waals surface area contributed by atoms with Crippen LogP contribution in [0.1, 0.15) is 22.9 Å². The number of sulfonamides is 1. The van der Waals surface area contributed by atoms with Gasteiger partial charge in [-0.1, -0.05) is 23.2 Å². The van der Waals surface area contributed by atoms with Gasteiger partial charge >= 0.3 is 0 Å². The number of halogens is 2. The molecule has 1 unspecified atom stereocenters. The molecule has 0 saturated carbocycles.